The van der Waals surface area contributed by atoms with Crippen LogP contribution in [0.1, 0.15) is 26.7 Å². The van der Waals surface area contributed by atoms with Gasteiger partial charge in [0.2, 0.25) is 5.90 Å². The van der Waals surface area contributed by atoms with Gasteiger partial charge in [0.15, 0.2) is 0 Å². The molecule has 0 aromatic carbocycles. The van der Waals surface area contributed by atoms with Crippen molar-refractivity contribution in [3.63, 3.8) is 0 Å². The zero-order valence-electron chi connectivity index (χ0n) is 7.46. The van der Waals surface area contributed by atoms with Crippen LogP contribution in [0.2, 0.25) is 0 Å². The van der Waals surface area contributed by atoms with Crippen LogP contribution in [-0.2, 0) is 9.53 Å². The molecule has 0 bridgehead atoms. The second kappa shape index (κ2) is 3.09. The van der Waals surface area contributed by atoms with Crippen molar-refractivity contribution in [3.05, 3.63) is 12.7 Å². The Hall–Kier alpha value is -1.12. The van der Waals surface area contributed by atoms with Crippen molar-refractivity contribution < 1.29 is 9.53 Å². The summed E-state index contributed by atoms with van der Waals surface area (Å²) in [5.41, 5.74) is -0.213. The lowest BCUT2D eigenvalue weighted by Crippen LogP contribution is -2.16. The standard InChI is InChI=1S/C9H13NO2/c1-4-7-10-9(2,3)6-5-8(11)12-7/h4H,1,5-6H2,2-3H3. The predicted octanol–water partition coefficient (Wildman–Crippen LogP) is 1.69. The number of carbonyl (C=O) groups is 1. The fourth-order valence-corrected chi connectivity index (χ4v) is 1.04. The van der Waals surface area contributed by atoms with Gasteiger partial charge in [-0.05, 0) is 26.3 Å². The molecule has 0 spiro atoms. The lowest BCUT2D eigenvalue weighted by Gasteiger charge is -2.15. The van der Waals surface area contributed by atoms with E-state index in [4.69, 9.17) is 4.74 Å². The Morgan fingerprint density at radius 3 is 2.92 bits per heavy atom. The van der Waals surface area contributed by atoms with Gasteiger partial charge >= 0.3 is 5.97 Å². The van der Waals surface area contributed by atoms with E-state index in [-0.39, 0.29) is 11.5 Å². The number of esters is 1. The van der Waals surface area contributed by atoms with Gasteiger partial charge in [0.1, 0.15) is 0 Å². The SMILES string of the molecule is C=CC1=NC(C)(C)CCC(=O)O1. The molecular weight excluding hydrogens is 154 g/mol. The van der Waals surface area contributed by atoms with Gasteiger partial charge in [-0.3, -0.25) is 4.79 Å². The van der Waals surface area contributed by atoms with E-state index in [1.165, 1.54) is 6.08 Å². The fourth-order valence-electron chi connectivity index (χ4n) is 1.04. The highest BCUT2D eigenvalue weighted by Gasteiger charge is 2.23. The number of aliphatic imine (C=N–C) groups is 1. The molecule has 0 radical (unpaired) electrons. The van der Waals surface area contributed by atoms with Gasteiger partial charge < -0.3 is 4.74 Å². The molecule has 1 heterocycles. The molecule has 1 rings (SSSR count). The largest absolute Gasteiger partial charge is 0.408 e. The summed E-state index contributed by atoms with van der Waals surface area (Å²) in [7, 11) is 0. The van der Waals surface area contributed by atoms with Gasteiger partial charge in [-0.2, -0.15) is 0 Å². The summed E-state index contributed by atoms with van der Waals surface area (Å²) in [6.07, 6.45) is 2.61. The molecule has 1 aliphatic heterocycles. The van der Waals surface area contributed by atoms with Gasteiger partial charge in [-0.1, -0.05) is 6.58 Å². The van der Waals surface area contributed by atoms with E-state index < -0.39 is 0 Å². The van der Waals surface area contributed by atoms with E-state index in [1.807, 2.05) is 13.8 Å². The molecule has 0 amide bonds. The first-order valence-electron chi connectivity index (χ1n) is 3.96. The van der Waals surface area contributed by atoms with Gasteiger partial charge in [0.05, 0.1) is 5.54 Å². The van der Waals surface area contributed by atoms with Gasteiger partial charge in [0, 0.05) is 6.42 Å². The average Bonchev–Trinajstić information content (AvgIpc) is 2.10. The van der Waals surface area contributed by atoms with Crippen molar-refractivity contribution in [3.8, 4) is 0 Å². The Morgan fingerprint density at radius 2 is 2.33 bits per heavy atom. The minimum Gasteiger partial charge on any atom is -0.408 e. The molecule has 0 aromatic rings. The van der Waals surface area contributed by atoms with Crippen molar-refractivity contribution in [2.45, 2.75) is 32.2 Å². The van der Waals surface area contributed by atoms with Crippen molar-refractivity contribution in [1.82, 2.24) is 0 Å². The molecule has 12 heavy (non-hydrogen) atoms. The van der Waals surface area contributed by atoms with Crippen molar-refractivity contribution >= 4 is 11.9 Å². The number of carbonyl (C=O) groups excluding carboxylic acids is 1. The number of nitrogens with zero attached hydrogens (tertiary/aromatic N) is 1. The van der Waals surface area contributed by atoms with E-state index in [0.29, 0.717) is 12.3 Å². The smallest absolute Gasteiger partial charge is 0.312 e. The molecule has 0 saturated carbocycles. The van der Waals surface area contributed by atoms with E-state index in [9.17, 15) is 4.79 Å². The first-order valence-corrected chi connectivity index (χ1v) is 3.96. The molecule has 0 N–H and O–H groups in total. The van der Waals surface area contributed by atoms with Crippen LogP contribution in [0.15, 0.2) is 17.6 Å². The third-order valence-corrected chi connectivity index (χ3v) is 1.75. The van der Waals surface area contributed by atoms with Crippen LogP contribution < -0.4 is 0 Å². The highest BCUT2D eigenvalue weighted by Crippen LogP contribution is 2.20. The highest BCUT2D eigenvalue weighted by atomic mass is 16.5. The van der Waals surface area contributed by atoms with Crippen molar-refractivity contribution in [2.75, 3.05) is 0 Å². The fraction of sp³-hybridized carbons (Fsp3) is 0.556. The Labute approximate surface area is 72.1 Å². The molecule has 0 atom stereocenters. The minimum absolute atomic E-state index is 0.213. The molecular formula is C9H13NO2. The molecule has 3 nitrogen and oxygen atoms in total. The summed E-state index contributed by atoms with van der Waals surface area (Å²) in [5.74, 6) is 0.113. The quantitative estimate of drug-likeness (QED) is 0.557. The lowest BCUT2D eigenvalue weighted by molar-refractivity contribution is -0.135. The topological polar surface area (TPSA) is 38.7 Å². The summed E-state index contributed by atoms with van der Waals surface area (Å²) >= 11 is 0. The monoisotopic (exact) mass is 167 g/mol. The lowest BCUT2D eigenvalue weighted by atomic mass is 10.00. The zero-order chi connectivity index (χ0) is 9.19. The maximum atomic E-state index is 11.0. The number of hydrogen-bond acceptors (Lipinski definition) is 3. The molecule has 0 fully saturated rings. The second-order valence-electron chi connectivity index (χ2n) is 3.44. The van der Waals surface area contributed by atoms with Crippen LogP contribution in [-0.4, -0.2) is 17.4 Å². The molecule has 0 saturated heterocycles. The van der Waals surface area contributed by atoms with Crippen molar-refractivity contribution in [1.29, 1.82) is 0 Å². The molecule has 1 aliphatic rings. The van der Waals surface area contributed by atoms with E-state index >= 15 is 0 Å². The molecule has 66 valence electrons. The summed E-state index contributed by atoms with van der Waals surface area (Å²) < 4.78 is 4.89. The summed E-state index contributed by atoms with van der Waals surface area (Å²) in [4.78, 5) is 15.2. The van der Waals surface area contributed by atoms with E-state index in [2.05, 4.69) is 11.6 Å². The normalized spacial score (nSPS) is 22.2. The Morgan fingerprint density at radius 1 is 1.67 bits per heavy atom. The van der Waals surface area contributed by atoms with Gasteiger partial charge in [-0.15, -0.1) is 0 Å². The van der Waals surface area contributed by atoms with Gasteiger partial charge in [-0.25, -0.2) is 4.99 Å². The van der Waals surface area contributed by atoms with Gasteiger partial charge in [0.25, 0.3) is 0 Å². The van der Waals surface area contributed by atoms with Crippen LogP contribution in [0, 0.1) is 0 Å². The van der Waals surface area contributed by atoms with Crippen LogP contribution in [0.5, 0.6) is 0 Å². The number of cyclic esters (lactones) is 1. The highest BCUT2D eigenvalue weighted by molar-refractivity contribution is 5.96. The first-order chi connectivity index (χ1) is 5.53. The third-order valence-electron chi connectivity index (χ3n) is 1.75. The Bertz CT molecular complexity index is 241. The van der Waals surface area contributed by atoms with Crippen LogP contribution >= 0.6 is 0 Å². The Balaban J connectivity index is 2.88. The maximum absolute atomic E-state index is 11.0. The number of ether oxygens (including phenoxy) is 1. The van der Waals surface area contributed by atoms with Crippen LogP contribution in [0.25, 0.3) is 0 Å². The van der Waals surface area contributed by atoms with E-state index in [0.717, 1.165) is 6.42 Å². The molecule has 3 heteroatoms. The third kappa shape index (κ3) is 2.19. The Kier molecular flexibility index (Phi) is 2.31. The molecule has 0 aromatic heterocycles. The maximum Gasteiger partial charge on any atom is 0.312 e. The summed E-state index contributed by atoms with van der Waals surface area (Å²) in [6.45, 7) is 7.46. The summed E-state index contributed by atoms with van der Waals surface area (Å²) in [6, 6.07) is 0. The predicted molar refractivity (Wildman–Crippen MR) is 47.0 cm³/mol. The molecule has 0 aliphatic carbocycles. The number of rotatable bonds is 1. The minimum atomic E-state index is -0.223. The van der Waals surface area contributed by atoms with E-state index in [1.54, 1.807) is 0 Å². The molecule has 0 unspecified atom stereocenters. The number of hydrogen-bond donors (Lipinski definition) is 0. The zero-order valence-corrected chi connectivity index (χ0v) is 7.46. The van der Waals surface area contributed by atoms with Crippen molar-refractivity contribution in [2.24, 2.45) is 4.99 Å². The second-order valence-corrected chi connectivity index (χ2v) is 3.44. The average molecular weight is 167 g/mol. The summed E-state index contributed by atoms with van der Waals surface area (Å²) in [5, 5.41) is 0. The van der Waals surface area contributed by atoms with Crippen LogP contribution in [0.4, 0.5) is 0 Å². The van der Waals surface area contributed by atoms with Crippen LogP contribution in [0.3, 0.4) is 0 Å². The first kappa shape index (κ1) is 8.97.